The Bertz CT molecular complexity index is 633. The second-order valence-corrected chi connectivity index (χ2v) is 4.43. The van der Waals surface area contributed by atoms with Crippen LogP contribution in [-0.2, 0) is 0 Å². The first kappa shape index (κ1) is 13.3. The Morgan fingerprint density at radius 1 is 1.16 bits per heavy atom. The molecule has 3 heteroatoms. The quantitative estimate of drug-likeness (QED) is 0.785. The Balaban J connectivity index is 2.44. The van der Waals surface area contributed by atoms with Gasteiger partial charge in [-0.25, -0.2) is 4.39 Å². The van der Waals surface area contributed by atoms with Crippen molar-refractivity contribution in [3.05, 3.63) is 64.5 Å². The molecule has 0 saturated carbocycles. The van der Waals surface area contributed by atoms with Gasteiger partial charge in [0.25, 0.3) is 0 Å². The van der Waals surface area contributed by atoms with Gasteiger partial charge in [-0.15, -0.1) is 0 Å². The standard InChI is InChI=1S/C16H15FO2/c1-10-5-4-6-13(11(10)2)16(18)12-7-8-15(19-3)14(17)9-12/h4-9H,1-3H3. The maximum absolute atomic E-state index is 13.6. The predicted molar refractivity (Wildman–Crippen MR) is 72.3 cm³/mol. The molecule has 0 amide bonds. The van der Waals surface area contributed by atoms with Crippen LogP contribution in [0.25, 0.3) is 0 Å². The molecule has 0 unspecified atom stereocenters. The van der Waals surface area contributed by atoms with E-state index in [4.69, 9.17) is 4.74 Å². The molecule has 2 aromatic rings. The summed E-state index contributed by atoms with van der Waals surface area (Å²) in [4.78, 5) is 12.4. The second-order valence-electron chi connectivity index (χ2n) is 4.43. The summed E-state index contributed by atoms with van der Waals surface area (Å²) in [5.41, 5.74) is 2.89. The third-order valence-corrected chi connectivity index (χ3v) is 3.26. The lowest BCUT2D eigenvalue weighted by atomic mass is 9.96. The van der Waals surface area contributed by atoms with Gasteiger partial charge < -0.3 is 4.74 Å². The van der Waals surface area contributed by atoms with Gasteiger partial charge in [0.05, 0.1) is 7.11 Å². The Labute approximate surface area is 111 Å². The Morgan fingerprint density at radius 2 is 1.89 bits per heavy atom. The van der Waals surface area contributed by atoms with Crippen LogP contribution in [-0.4, -0.2) is 12.9 Å². The first-order chi connectivity index (χ1) is 9.04. The highest BCUT2D eigenvalue weighted by Gasteiger charge is 2.14. The van der Waals surface area contributed by atoms with E-state index in [-0.39, 0.29) is 11.5 Å². The predicted octanol–water partition coefficient (Wildman–Crippen LogP) is 3.68. The van der Waals surface area contributed by atoms with Crippen molar-refractivity contribution in [1.29, 1.82) is 0 Å². The van der Waals surface area contributed by atoms with Crippen LogP contribution in [0.5, 0.6) is 5.75 Å². The van der Waals surface area contributed by atoms with E-state index in [9.17, 15) is 9.18 Å². The van der Waals surface area contributed by atoms with Crippen LogP contribution >= 0.6 is 0 Å². The summed E-state index contributed by atoms with van der Waals surface area (Å²) in [5.74, 6) is -0.570. The summed E-state index contributed by atoms with van der Waals surface area (Å²) in [6, 6.07) is 9.78. The first-order valence-electron chi connectivity index (χ1n) is 5.99. The van der Waals surface area contributed by atoms with E-state index in [1.165, 1.54) is 19.2 Å². The molecule has 0 aliphatic rings. The number of carbonyl (C=O) groups is 1. The largest absolute Gasteiger partial charge is 0.494 e. The highest BCUT2D eigenvalue weighted by atomic mass is 19.1. The molecule has 0 aliphatic heterocycles. The van der Waals surface area contributed by atoms with Crippen LogP contribution in [0.1, 0.15) is 27.0 Å². The van der Waals surface area contributed by atoms with E-state index in [0.717, 1.165) is 11.1 Å². The zero-order valence-corrected chi connectivity index (χ0v) is 11.2. The molecule has 0 N–H and O–H groups in total. The SMILES string of the molecule is COc1ccc(C(=O)c2cccc(C)c2C)cc1F. The fourth-order valence-electron chi connectivity index (χ4n) is 1.96. The summed E-state index contributed by atoms with van der Waals surface area (Å²) < 4.78 is 18.5. The zero-order chi connectivity index (χ0) is 14.0. The van der Waals surface area contributed by atoms with Gasteiger partial charge in [-0.1, -0.05) is 18.2 Å². The number of ketones is 1. The van der Waals surface area contributed by atoms with Gasteiger partial charge in [0.1, 0.15) is 0 Å². The molecule has 0 atom stereocenters. The third kappa shape index (κ3) is 2.50. The molecule has 0 fully saturated rings. The monoisotopic (exact) mass is 258 g/mol. The number of methoxy groups -OCH3 is 1. The van der Waals surface area contributed by atoms with Crippen LogP contribution in [0, 0.1) is 19.7 Å². The maximum Gasteiger partial charge on any atom is 0.193 e. The average Bonchev–Trinajstić information content (AvgIpc) is 2.41. The highest BCUT2D eigenvalue weighted by Crippen LogP contribution is 2.21. The third-order valence-electron chi connectivity index (χ3n) is 3.26. The minimum Gasteiger partial charge on any atom is -0.494 e. The van der Waals surface area contributed by atoms with Crippen LogP contribution in [0.2, 0.25) is 0 Å². The lowest BCUT2D eigenvalue weighted by Crippen LogP contribution is -2.05. The number of carbonyl (C=O) groups excluding carboxylic acids is 1. The van der Waals surface area contributed by atoms with Gasteiger partial charge >= 0.3 is 0 Å². The van der Waals surface area contributed by atoms with Gasteiger partial charge in [-0.05, 0) is 43.2 Å². The van der Waals surface area contributed by atoms with Crippen molar-refractivity contribution in [3.8, 4) is 5.75 Å². The number of hydrogen-bond donors (Lipinski definition) is 0. The van der Waals surface area contributed by atoms with E-state index in [0.29, 0.717) is 11.1 Å². The van der Waals surface area contributed by atoms with Gasteiger partial charge in [0.15, 0.2) is 17.3 Å². The Morgan fingerprint density at radius 3 is 2.53 bits per heavy atom. The van der Waals surface area contributed by atoms with Crippen molar-refractivity contribution in [2.24, 2.45) is 0 Å². The molecule has 0 spiro atoms. The number of aryl methyl sites for hydroxylation is 1. The molecule has 0 aromatic heterocycles. The summed E-state index contributed by atoms with van der Waals surface area (Å²) in [7, 11) is 1.39. The minimum absolute atomic E-state index is 0.137. The molecule has 0 bridgehead atoms. The van der Waals surface area contributed by atoms with E-state index in [1.807, 2.05) is 26.0 Å². The van der Waals surface area contributed by atoms with Gasteiger partial charge in [0.2, 0.25) is 0 Å². The topological polar surface area (TPSA) is 26.3 Å². The summed E-state index contributed by atoms with van der Waals surface area (Å²) in [5, 5.41) is 0. The zero-order valence-electron chi connectivity index (χ0n) is 11.2. The van der Waals surface area contributed by atoms with Crippen molar-refractivity contribution in [2.45, 2.75) is 13.8 Å². The van der Waals surface area contributed by atoms with E-state index in [2.05, 4.69) is 0 Å². The fraction of sp³-hybridized carbons (Fsp3) is 0.188. The second kappa shape index (κ2) is 5.22. The lowest BCUT2D eigenvalue weighted by molar-refractivity contribution is 0.103. The molecule has 2 nitrogen and oxygen atoms in total. The minimum atomic E-state index is -0.529. The van der Waals surface area contributed by atoms with E-state index >= 15 is 0 Å². The molecule has 0 aliphatic carbocycles. The molecule has 0 radical (unpaired) electrons. The normalized spacial score (nSPS) is 10.3. The molecule has 98 valence electrons. The molecular weight excluding hydrogens is 243 g/mol. The summed E-state index contributed by atoms with van der Waals surface area (Å²) >= 11 is 0. The lowest BCUT2D eigenvalue weighted by Gasteiger charge is -2.08. The molecule has 2 rings (SSSR count). The summed E-state index contributed by atoms with van der Waals surface area (Å²) in [6.07, 6.45) is 0. The van der Waals surface area contributed by atoms with E-state index < -0.39 is 5.82 Å². The van der Waals surface area contributed by atoms with Gasteiger partial charge in [-0.3, -0.25) is 4.79 Å². The van der Waals surface area contributed by atoms with Crippen molar-refractivity contribution in [1.82, 2.24) is 0 Å². The van der Waals surface area contributed by atoms with Crippen LogP contribution in [0.3, 0.4) is 0 Å². The van der Waals surface area contributed by atoms with Gasteiger partial charge in [-0.2, -0.15) is 0 Å². The van der Waals surface area contributed by atoms with Crippen molar-refractivity contribution in [3.63, 3.8) is 0 Å². The maximum atomic E-state index is 13.6. The molecule has 2 aromatic carbocycles. The number of hydrogen-bond acceptors (Lipinski definition) is 2. The average molecular weight is 258 g/mol. The van der Waals surface area contributed by atoms with E-state index in [1.54, 1.807) is 12.1 Å². The van der Waals surface area contributed by atoms with Crippen LogP contribution < -0.4 is 4.74 Å². The first-order valence-corrected chi connectivity index (χ1v) is 5.99. The molecule has 0 heterocycles. The van der Waals surface area contributed by atoms with Crippen molar-refractivity contribution < 1.29 is 13.9 Å². The van der Waals surface area contributed by atoms with Gasteiger partial charge in [0, 0.05) is 11.1 Å². The fourth-order valence-corrected chi connectivity index (χ4v) is 1.96. The number of ether oxygens (including phenoxy) is 1. The Hall–Kier alpha value is -2.16. The smallest absolute Gasteiger partial charge is 0.193 e. The highest BCUT2D eigenvalue weighted by molar-refractivity contribution is 6.10. The van der Waals surface area contributed by atoms with Crippen LogP contribution in [0.4, 0.5) is 4.39 Å². The Kier molecular flexibility index (Phi) is 3.65. The molecule has 0 saturated heterocycles. The molecular formula is C16H15FO2. The number of halogens is 1. The van der Waals surface area contributed by atoms with Crippen molar-refractivity contribution >= 4 is 5.78 Å². The number of benzene rings is 2. The van der Waals surface area contributed by atoms with Crippen molar-refractivity contribution in [2.75, 3.05) is 7.11 Å². The molecule has 19 heavy (non-hydrogen) atoms. The summed E-state index contributed by atoms with van der Waals surface area (Å²) in [6.45, 7) is 3.84. The van der Waals surface area contributed by atoms with Crippen LogP contribution in [0.15, 0.2) is 36.4 Å². The number of rotatable bonds is 3.